The van der Waals surface area contributed by atoms with Crippen molar-refractivity contribution < 1.29 is 9.21 Å². The van der Waals surface area contributed by atoms with E-state index in [1.165, 1.54) is 5.56 Å². The molecule has 4 aromatic rings. The molecule has 0 saturated heterocycles. The van der Waals surface area contributed by atoms with Crippen molar-refractivity contribution in [2.45, 2.75) is 6.42 Å². The molecule has 1 N–H and O–H groups in total. The molecule has 1 amide bonds. The zero-order chi connectivity index (χ0) is 18.5. The van der Waals surface area contributed by atoms with Gasteiger partial charge >= 0.3 is 6.01 Å². The normalized spacial score (nSPS) is 10.5. The Balaban J connectivity index is 1.42. The van der Waals surface area contributed by atoms with Crippen LogP contribution in [0.15, 0.2) is 83.5 Å². The zero-order valence-corrected chi connectivity index (χ0v) is 14.4. The molecule has 0 aliphatic rings. The molecule has 0 radical (unpaired) electrons. The van der Waals surface area contributed by atoms with Crippen LogP contribution in [0.25, 0.3) is 11.5 Å². The molecule has 0 bridgehead atoms. The van der Waals surface area contributed by atoms with Gasteiger partial charge < -0.3 is 4.42 Å². The van der Waals surface area contributed by atoms with E-state index in [2.05, 4.69) is 32.6 Å². The van der Waals surface area contributed by atoms with Crippen LogP contribution in [0.5, 0.6) is 0 Å². The van der Waals surface area contributed by atoms with E-state index in [-0.39, 0.29) is 11.9 Å². The highest BCUT2D eigenvalue weighted by molar-refractivity contribution is 6.03. The van der Waals surface area contributed by atoms with Gasteiger partial charge in [0.05, 0.1) is 5.56 Å². The van der Waals surface area contributed by atoms with Crippen LogP contribution in [0.2, 0.25) is 0 Å². The summed E-state index contributed by atoms with van der Waals surface area (Å²) in [6.07, 6.45) is 4.09. The fourth-order valence-corrected chi connectivity index (χ4v) is 2.65. The zero-order valence-electron chi connectivity index (χ0n) is 14.4. The number of hydrogen-bond acceptors (Lipinski definition) is 5. The third-order valence-corrected chi connectivity index (χ3v) is 4.02. The first-order valence-electron chi connectivity index (χ1n) is 8.46. The van der Waals surface area contributed by atoms with Crippen molar-refractivity contribution in [1.29, 1.82) is 0 Å². The molecule has 2 aromatic heterocycles. The number of carbonyl (C=O) groups is 1. The minimum absolute atomic E-state index is 0.0483. The average molecular weight is 356 g/mol. The van der Waals surface area contributed by atoms with Gasteiger partial charge in [-0.05, 0) is 41.8 Å². The fraction of sp³-hybridized carbons (Fsp3) is 0.0476. The van der Waals surface area contributed by atoms with Crippen LogP contribution in [0, 0.1) is 0 Å². The van der Waals surface area contributed by atoms with E-state index in [0.29, 0.717) is 17.0 Å². The lowest BCUT2D eigenvalue weighted by molar-refractivity contribution is 0.102. The third-order valence-electron chi connectivity index (χ3n) is 4.02. The summed E-state index contributed by atoms with van der Waals surface area (Å²) in [7, 11) is 0. The van der Waals surface area contributed by atoms with Gasteiger partial charge in [-0.15, -0.1) is 5.10 Å². The van der Waals surface area contributed by atoms with E-state index in [1.54, 1.807) is 36.7 Å². The van der Waals surface area contributed by atoms with Gasteiger partial charge in [-0.25, -0.2) is 0 Å². The highest BCUT2D eigenvalue weighted by atomic mass is 16.4. The molecular formula is C21H16N4O2. The van der Waals surface area contributed by atoms with Crippen molar-refractivity contribution >= 4 is 11.9 Å². The van der Waals surface area contributed by atoms with Crippen molar-refractivity contribution in [3.8, 4) is 11.5 Å². The smallest absolute Gasteiger partial charge is 0.322 e. The van der Waals surface area contributed by atoms with Crippen molar-refractivity contribution in [2.24, 2.45) is 0 Å². The molecule has 2 heterocycles. The third kappa shape index (κ3) is 4.07. The summed E-state index contributed by atoms with van der Waals surface area (Å²) >= 11 is 0. The number of carbonyl (C=O) groups excluding carboxylic acids is 1. The number of amides is 1. The monoisotopic (exact) mass is 356 g/mol. The van der Waals surface area contributed by atoms with Crippen LogP contribution in [-0.4, -0.2) is 21.1 Å². The minimum Gasteiger partial charge on any atom is -0.403 e. The maximum absolute atomic E-state index is 12.4. The molecular weight excluding hydrogens is 340 g/mol. The van der Waals surface area contributed by atoms with Gasteiger partial charge in [0.2, 0.25) is 0 Å². The highest BCUT2D eigenvalue weighted by Gasteiger charge is 2.13. The maximum atomic E-state index is 12.4. The maximum Gasteiger partial charge on any atom is 0.322 e. The Morgan fingerprint density at radius 2 is 1.67 bits per heavy atom. The molecule has 2 aromatic carbocycles. The van der Waals surface area contributed by atoms with Gasteiger partial charge in [0, 0.05) is 18.0 Å². The van der Waals surface area contributed by atoms with E-state index in [1.807, 2.05) is 30.3 Å². The van der Waals surface area contributed by atoms with Gasteiger partial charge in [0.15, 0.2) is 0 Å². The van der Waals surface area contributed by atoms with Crippen molar-refractivity contribution in [3.05, 3.63) is 95.8 Å². The van der Waals surface area contributed by atoms with Gasteiger partial charge in [0.25, 0.3) is 11.8 Å². The predicted molar refractivity (Wildman–Crippen MR) is 101 cm³/mol. The molecule has 0 spiro atoms. The van der Waals surface area contributed by atoms with Crippen LogP contribution >= 0.6 is 0 Å². The summed E-state index contributed by atoms with van der Waals surface area (Å²) in [5.41, 5.74) is 3.57. The van der Waals surface area contributed by atoms with Crippen LogP contribution in [0.4, 0.5) is 6.01 Å². The number of hydrogen-bond donors (Lipinski definition) is 1. The second kappa shape index (κ2) is 7.61. The Labute approximate surface area is 155 Å². The standard InChI is InChI=1S/C21H16N4O2/c26-19(23-21-25-24-20(27-21)18-7-4-12-22-14-18)17-10-8-16(9-11-17)13-15-5-2-1-3-6-15/h1-12,14H,13H2,(H,23,25,26). The quantitative estimate of drug-likeness (QED) is 0.585. The topological polar surface area (TPSA) is 80.9 Å². The molecule has 0 fully saturated rings. The van der Waals surface area contributed by atoms with E-state index in [0.717, 1.165) is 12.0 Å². The number of anilines is 1. The van der Waals surface area contributed by atoms with E-state index in [4.69, 9.17) is 4.42 Å². The SMILES string of the molecule is O=C(Nc1nnc(-c2cccnc2)o1)c1ccc(Cc2ccccc2)cc1. The number of rotatable bonds is 5. The largest absolute Gasteiger partial charge is 0.403 e. The van der Waals surface area contributed by atoms with Crippen LogP contribution < -0.4 is 5.32 Å². The van der Waals surface area contributed by atoms with Crippen LogP contribution in [0.1, 0.15) is 21.5 Å². The summed E-state index contributed by atoms with van der Waals surface area (Å²) < 4.78 is 5.47. The summed E-state index contributed by atoms with van der Waals surface area (Å²) in [6.45, 7) is 0. The van der Waals surface area contributed by atoms with Crippen molar-refractivity contribution in [2.75, 3.05) is 5.32 Å². The van der Waals surface area contributed by atoms with Gasteiger partial charge in [-0.1, -0.05) is 47.6 Å². The van der Waals surface area contributed by atoms with Gasteiger partial charge in [0.1, 0.15) is 0 Å². The number of aromatic nitrogens is 3. The minimum atomic E-state index is -0.303. The number of nitrogens with zero attached hydrogens (tertiary/aromatic N) is 3. The predicted octanol–water partition coefficient (Wildman–Crippen LogP) is 3.97. The lowest BCUT2D eigenvalue weighted by Crippen LogP contribution is -2.12. The number of nitrogens with one attached hydrogen (secondary N) is 1. The van der Waals surface area contributed by atoms with E-state index in [9.17, 15) is 4.79 Å². The lowest BCUT2D eigenvalue weighted by Gasteiger charge is -2.04. The Kier molecular flexibility index (Phi) is 4.70. The van der Waals surface area contributed by atoms with E-state index < -0.39 is 0 Å². The molecule has 0 aliphatic heterocycles. The summed E-state index contributed by atoms with van der Waals surface area (Å²) in [6, 6.07) is 21.3. The van der Waals surface area contributed by atoms with Crippen LogP contribution in [0.3, 0.4) is 0 Å². The first-order valence-corrected chi connectivity index (χ1v) is 8.46. The summed E-state index contributed by atoms with van der Waals surface area (Å²) in [5.74, 6) is -0.000688. The van der Waals surface area contributed by atoms with Crippen molar-refractivity contribution in [3.63, 3.8) is 0 Å². The average Bonchev–Trinajstić information content (AvgIpc) is 3.18. The Morgan fingerprint density at radius 3 is 2.41 bits per heavy atom. The molecule has 27 heavy (non-hydrogen) atoms. The second-order valence-corrected chi connectivity index (χ2v) is 5.97. The molecule has 0 atom stereocenters. The Morgan fingerprint density at radius 1 is 0.889 bits per heavy atom. The molecule has 132 valence electrons. The Bertz CT molecular complexity index is 1030. The first kappa shape index (κ1) is 16.7. The van der Waals surface area contributed by atoms with Gasteiger partial charge in [-0.2, -0.15) is 0 Å². The highest BCUT2D eigenvalue weighted by Crippen LogP contribution is 2.19. The van der Waals surface area contributed by atoms with Crippen LogP contribution in [-0.2, 0) is 6.42 Å². The fourth-order valence-electron chi connectivity index (χ4n) is 2.65. The summed E-state index contributed by atoms with van der Waals surface area (Å²) in [4.78, 5) is 16.4. The first-order chi connectivity index (χ1) is 13.3. The lowest BCUT2D eigenvalue weighted by atomic mass is 10.0. The Hall–Kier alpha value is -3.80. The second-order valence-electron chi connectivity index (χ2n) is 5.97. The summed E-state index contributed by atoms with van der Waals surface area (Å²) in [5, 5.41) is 10.4. The van der Waals surface area contributed by atoms with Crippen molar-refractivity contribution in [1.82, 2.24) is 15.2 Å². The molecule has 0 unspecified atom stereocenters. The molecule has 0 aliphatic carbocycles. The molecule has 6 heteroatoms. The molecule has 4 rings (SSSR count). The van der Waals surface area contributed by atoms with Gasteiger partial charge in [-0.3, -0.25) is 15.1 Å². The number of benzene rings is 2. The van der Waals surface area contributed by atoms with E-state index >= 15 is 0 Å². The molecule has 0 saturated carbocycles. The molecule has 6 nitrogen and oxygen atoms in total. The number of pyridine rings is 1.